The van der Waals surface area contributed by atoms with Gasteiger partial charge in [-0.1, -0.05) is 12.5 Å². The van der Waals surface area contributed by atoms with Gasteiger partial charge in [-0.15, -0.1) is 0 Å². The van der Waals surface area contributed by atoms with Crippen LogP contribution in [0.1, 0.15) is 37.8 Å². The first kappa shape index (κ1) is 12.6. The van der Waals surface area contributed by atoms with E-state index in [9.17, 15) is 4.79 Å². The van der Waals surface area contributed by atoms with Gasteiger partial charge in [0.15, 0.2) is 0 Å². The van der Waals surface area contributed by atoms with Gasteiger partial charge in [-0.2, -0.15) is 0 Å². The predicted octanol–water partition coefficient (Wildman–Crippen LogP) is 1.65. The molecule has 4 nitrogen and oxygen atoms in total. The number of hydrogen-bond donors (Lipinski definition) is 2. The third-order valence-electron chi connectivity index (χ3n) is 4.57. The summed E-state index contributed by atoms with van der Waals surface area (Å²) in [7, 11) is 0. The van der Waals surface area contributed by atoms with E-state index in [4.69, 9.17) is 0 Å². The zero-order valence-corrected chi connectivity index (χ0v) is 11.3. The van der Waals surface area contributed by atoms with E-state index >= 15 is 0 Å². The van der Waals surface area contributed by atoms with Gasteiger partial charge in [0.2, 0.25) is 5.91 Å². The summed E-state index contributed by atoms with van der Waals surface area (Å²) in [5, 5.41) is 6.50. The summed E-state index contributed by atoms with van der Waals surface area (Å²) < 4.78 is 0. The van der Waals surface area contributed by atoms with Crippen molar-refractivity contribution >= 4 is 5.91 Å². The average Bonchev–Trinajstić information content (AvgIpc) is 3.01. The van der Waals surface area contributed by atoms with E-state index in [0.29, 0.717) is 11.8 Å². The first-order valence-corrected chi connectivity index (χ1v) is 7.19. The highest BCUT2D eigenvalue weighted by Crippen LogP contribution is 2.37. The summed E-state index contributed by atoms with van der Waals surface area (Å²) in [6.07, 6.45) is 7.31. The zero-order chi connectivity index (χ0) is 13.2. The van der Waals surface area contributed by atoms with E-state index in [1.807, 2.05) is 25.3 Å². The zero-order valence-electron chi connectivity index (χ0n) is 11.3. The molecule has 4 heteroatoms. The molecule has 1 aliphatic carbocycles. The molecule has 1 aliphatic heterocycles. The number of rotatable bonds is 3. The van der Waals surface area contributed by atoms with Gasteiger partial charge in [-0.05, 0) is 49.8 Å². The van der Waals surface area contributed by atoms with Gasteiger partial charge >= 0.3 is 0 Å². The summed E-state index contributed by atoms with van der Waals surface area (Å²) in [5.74, 6) is 1.40. The molecule has 2 N–H and O–H groups in total. The van der Waals surface area contributed by atoms with E-state index in [2.05, 4.69) is 15.6 Å². The molecule has 0 aromatic carbocycles. The average molecular weight is 259 g/mol. The number of nitrogens with one attached hydrogen (secondary N) is 2. The number of amides is 1. The fraction of sp³-hybridized carbons (Fsp3) is 0.600. The molecule has 102 valence electrons. The number of aromatic nitrogens is 1. The number of nitrogens with zero attached hydrogens (tertiary/aromatic N) is 1. The minimum absolute atomic E-state index is 0.00613. The molecule has 3 unspecified atom stereocenters. The molecule has 4 atom stereocenters. The monoisotopic (exact) mass is 259 g/mol. The quantitative estimate of drug-likeness (QED) is 0.868. The van der Waals surface area contributed by atoms with Crippen LogP contribution in [-0.4, -0.2) is 23.5 Å². The summed E-state index contributed by atoms with van der Waals surface area (Å²) in [6, 6.07) is 3.92. The molecule has 1 aromatic rings. The molecule has 0 radical (unpaired) electrons. The van der Waals surface area contributed by atoms with E-state index in [0.717, 1.165) is 12.1 Å². The summed E-state index contributed by atoms with van der Waals surface area (Å²) in [4.78, 5) is 16.5. The van der Waals surface area contributed by atoms with Gasteiger partial charge in [0.25, 0.3) is 0 Å². The minimum Gasteiger partial charge on any atom is -0.348 e. The molecule has 1 saturated carbocycles. The van der Waals surface area contributed by atoms with Crippen LogP contribution in [0.4, 0.5) is 0 Å². The van der Waals surface area contributed by atoms with Crippen molar-refractivity contribution in [2.45, 2.75) is 38.3 Å². The van der Waals surface area contributed by atoms with E-state index < -0.39 is 0 Å². The van der Waals surface area contributed by atoms with Crippen LogP contribution < -0.4 is 10.6 Å². The normalized spacial score (nSPS) is 30.9. The number of fused-ring (bicyclic) bond motifs is 1. The molecular formula is C15H21N3O. The number of carbonyl (C=O) groups excluding carboxylic acids is 1. The number of pyridine rings is 1. The number of hydrogen-bond acceptors (Lipinski definition) is 3. The second-order valence-corrected chi connectivity index (χ2v) is 5.76. The minimum atomic E-state index is 0.00613. The second kappa shape index (κ2) is 5.29. The van der Waals surface area contributed by atoms with Crippen molar-refractivity contribution in [1.82, 2.24) is 15.6 Å². The summed E-state index contributed by atoms with van der Waals surface area (Å²) >= 11 is 0. The topological polar surface area (TPSA) is 54.0 Å². The predicted molar refractivity (Wildman–Crippen MR) is 73.4 cm³/mol. The Balaban J connectivity index is 1.62. The molecule has 3 rings (SSSR count). The second-order valence-electron chi connectivity index (χ2n) is 5.76. The Morgan fingerprint density at radius 1 is 1.53 bits per heavy atom. The fourth-order valence-corrected chi connectivity index (χ4v) is 3.49. The van der Waals surface area contributed by atoms with Crippen LogP contribution in [0.2, 0.25) is 0 Å². The van der Waals surface area contributed by atoms with E-state index in [1.54, 1.807) is 6.20 Å². The Hall–Kier alpha value is -1.42. The Morgan fingerprint density at radius 3 is 3.21 bits per heavy atom. The maximum Gasteiger partial charge on any atom is 0.237 e. The lowest BCUT2D eigenvalue weighted by molar-refractivity contribution is -0.124. The van der Waals surface area contributed by atoms with Crippen molar-refractivity contribution in [3.8, 4) is 0 Å². The summed E-state index contributed by atoms with van der Waals surface area (Å²) in [5.41, 5.74) is 1.05. The standard InChI is InChI=1S/C15H21N3O/c1-10(11-5-3-7-16-8-11)18-15(19)14-13-6-2-4-12(13)9-17-14/h3,5,7-8,10,12-14,17H,2,4,6,9H2,1H3,(H,18,19)/t10-,12?,13?,14?/m1/s1. The van der Waals surface area contributed by atoms with Crippen LogP contribution in [0.25, 0.3) is 0 Å². The Morgan fingerprint density at radius 2 is 2.42 bits per heavy atom. The van der Waals surface area contributed by atoms with Gasteiger partial charge in [-0.3, -0.25) is 9.78 Å². The van der Waals surface area contributed by atoms with Crippen LogP contribution >= 0.6 is 0 Å². The molecule has 2 heterocycles. The Labute approximate surface area is 114 Å². The molecule has 1 amide bonds. The van der Waals surface area contributed by atoms with E-state index in [1.165, 1.54) is 19.3 Å². The maximum absolute atomic E-state index is 12.4. The van der Waals surface area contributed by atoms with Crippen LogP contribution in [0.3, 0.4) is 0 Å². The van der Waals surface area contributed by atoms with Crippen LogP contribution in [-0.2, 0) is 4.79 Å². The van der Waals surface area contributed by atoms with Crippen molar-refractivity contribution < 1.29 is 4.79 Å². The molecule has 0 spiro atoms. The van der Waals surface area contributed by atoms with Crippen molar-refractivity contribution in [2.75, 3.05) is 6.54 Å². The molecule has 2 aliphatic rings. The Bertz CT molecular complexity index is 448. The van der Waals surface area contributed by atoms with Gasteiger partial charge < -0.3 is 10.6 Å². The maximum atomic E-state index is 12.4. The molecule has 1 saturated heterocycles. The van der Waals surface area contributed by atoms with Crippen molar-refractivity contribution in [1.29, 1.82) is 0 Å². The van der Waals surface area contributed by atoms with Crippen molar-refractivity contribution in [2.24, 2.45) is 11.8 Å². The molecule has 2 fully saturated rings. The third-order valence-corrected chi connectivity index (χ3v) is 4.57. The lowest BCUT2D eigenvalue weighted by Crippen LogP contribution is -2.44. The SMILES string of the molecule is C[C@@H](NC(=O)C1NCC2CCCC21)c1cccnc1. The van der Waals surface area contributed by atoms with Crippen LogP contribution in [0, 0.1) is 11.8 Å². The van der Waals surface area contributed by atoms with Crippen molar-refractivity contribution in [3.05, 3.63) is 30.1 Å². The smallest absolute Gasteiger partial charge is 0.237 e. The van der Waals surface area contributed by atoms with Gasteiger partial charge in [0, 0.05) is 12.4 Å². The third kappa shape index (κ3) is 2.50. The summed E-state index contributed by atoms with van der Waals surface area (Å²) in [6.45, 7) is 3.01. The van der Waals surface area contributed by atoms with Crippen LogP contribution in [0.15, 0.2) is 24.5 Å². The highest BCUT2D eigenvalue weighted by Gasteiger charge is 2.42. The molecule has 0 bridgehead atoms. The first-order valence-electron chi connectivity index (χ1n) is 7.19. The number of carbonyl (C=O) groups is 1. The molecule has 1 aromatic heterocycles. The largest absolute Gasteiger partial charge is 0.348 e. The van der Waals surface area contributed by atoms with Gasteiger partial charge in [0.1, 0.15) is 0 Å². The first-order chi connectivity index (χ1) is 9.25. The highest BCUT2D eigenvalue weighted by molar-refractivity contribution is 5.83. The van der Waals surface area contributed by atoms with Crippen molar-refractivity contribution in [3.63, 3.8) is 0 Å². The van der Waals surface area contributed by atoms with Crippen LogP contribution in [0.5, 0.6) is 0 Å². The molecular weight excluding hydrogens is 238 g/mol. The fourth-order valence-electron chi connectivity index (χ4n) is 3.49. The highest BCUT2D eigenvalue weighted by atomic mass is 16.2. The lowest BCUT2D eigenvalue weighted by atomic mass is 9.93. The van der Waals surface area contributed by atoms with Gasteiger partial charge in [-0.25, -0.2) is 0 Å². The lowest BCUT2D eigenvalue weighted by Gasteiger charge is -2.21. The van der Waals surface area contributed by atoms with E-state index in [-0.39, 0.29) is 18.0 Å². The Kier molecular flexibility index (Phi) is 3.51. The van der Waals surface area contributed by atoms with Gasteiger partial charge in [0.05, 0.1) is 12.1 Å². The molecule has 19 heavy (non-hydrogen) atoms.